The minimum atomic E-state index is 1.11. The van der Waals surface area contributed by atoms with Crippen molar-refractivity contribution in [3.8, 4) is 16.8 Å². The third kappa shape index (κ3) is 4.89. The maximum atomic E-state index is 2.47. The van der Waals surface area contributed by atoms with Gasteiger partial charge in [-0.1, -0.05) is 146 Å². The molecular formula is C54H34N2S. The van der Waals surface area contributed by atoms with Gasteiger partial charge in [0.05, 0.1) is 22.4 Å². The Balaban J connectivity index is 1.08. The van der Waals surface area contributed by atoms with Gasteiger partial charge in [0.2, 0.25) is 0 Å². The molecule has 0 fully saturated rings. The lowest BCUT2D eigenvalue weighted by atomic mass is 9.94. The van der Waals surface area contributed by atoms with Gasteiger partial charge in [-0.15, -0.1) is 11.3 Å². The van der Waals surface area contributed by atoms with Crippen LogP contribution in [0.1, 0.15) is 0 Å². The minimum absolute atomic E-state index is 1.11. The van der Waals surface area contributed by atoms with E-state index < -0.39 is 0 Å². The molecule has 12 rings (SSSR count). The van der Waals surface area contributed by atoms with E-state index in [1.807, 2.05) is 11.3 Å². The summed E-state index contributed by atoms with van der Waals surface area (Å²) in [6.45, 7) is 0. The van der Waals surface area contributed by atoms with Crippen LogP contribution in [0.25, 0.3) is 91.1 Å². The third-order valence-corrected chi connectivity index (χ3v) is 12.9. The Labute approximate surface area is 333 Å². The van der Waals surface area contributed by atoms with Crippen molar-refractivity contribution in [3.05, 3.63) is 206 Å². The van der Waals surface area contributed by atoms with E-state index in [1.165, 1.54) is 96.8 Å². The molecule has 266 valence electrons. The molecule has 0 N–H and O–H groups in total. The smallest absolute Gasteiger partial charge is 0.0554 e. The lowest BCUT2D eigenvalue weighted by Crippen LogP contribution is -2.10. The predicted octanol–water partition coefficient (Wildman–Crippen LogP) is 15.7. The summed E-state index contributed by atoms with van der Waals surface area (Å²) >= 11 is 1.86. The van der Waals surface area contributed by atoms with Crippen LogP contribution >= 0.6 is 11.3 Å². The van der Waals surface area contributed by atoms with Crippen molar-refractivity contribution in [1.82, 2.24) is 4.57 Å². The molecule has 0 radical (unpaired) electrons. The first-order valence-corrected chi connectivity index (χ1v) is 20.3. The molecule has 0 unspecified atom stereocenters. The van der Waals surface area contributed by atoms with Gasteiger partial charge in [0.25, 0.3) is 0 Å². The molecule has 0 aliphatic carbocycles. The summed E-state index contributed by atoms with van der Waals surface area (Å²) in [4.78, 5) is 2.47. The SMILES string of the molecule is c1ccc(-n2c3ccccc3c3ccccc32)c(-c2ccc(N(c3ccc4c5ccccc5c5ccccc5c4c3)c3cccc4sc5ccccc5c34)cc2)c1. The van der Waals surface area contributed by atoms with Crippen LogP contribution in [-0.2, 0) is 0 Å². The van der Waals surface area contributed by atoms with Crippen LogP contribution in [0.5, 0.6) is 0 Å². The number of para-hydroxylation sites is 3. The second-order valence-corrected chi connectivity index (χ2v) is 15.9. The van der Waals surface area contributed by atoms with Crippen molar-refractivity contribution in [1.29, 1.82) is 0 Å². The Morgan fingerprint density at radius 2 is 0.860 bits per heavy atom. The Kier molecular flexibility index (Phi) is 7.13. The molecule has 12 aromatic rings. The van der Waals surface area contributed by atoms with Crippen molar-refractivity contribution in [2.24, 2.45) is 0 Å². The normalized spacial score (nSPS) is 11.9. The summed E-state index contributed by atoms with van der Waals surface area (Å²) in [5, 5.41) is 12.7. The van der Waals surface area contributed by atoms with Crippen LogP contribution < -0.4 is 4.90 Å². The molecule has 2 heterocycles. The van der Waals surface area contributed by atoms with Gasteiger partial charge in [-0.25, -0.2) is 0 Å². The minimum Gasteiger partial charge on any atom is -0.310 e. The first-order chi connectivity index (χ1) is 28.3. The van der Waals surface area contributed by atoms with Gasteiger partial charge in [-0.05, 0) is 98.5 Å². The molecule has 57 heavy (non-hydrogen) atoms. The highest BCUT2D eigenvalue weighted by Crippen LogP contribution is 2.47. The second-order valence-electron chi connectivity index (χ2n) is 14.8. The summed E-state index contributed by atoms with van der Waals surface area (Å²) in [5.74, 6) is 0. The van der Waals surface area contributed by atoms with Crippen LogP contribution in [0, 0.1) is 0 Å². The maximum Gasteiger partial charge on any atom is 0.0554 e. The van der Waals surface area contributed by atoms with Crippen LogP contribution in [0.2, 0.25) is 0 Å². The standard InChI is InChI=1S/C54H34N2S/c1-2-17-41-39(15-1)40-16-3-4-18-42(40)47-34-37(32-33-43(41)47)55(51-25-13-27-53-54(51)46-21-8-12-26-52(46)57-53)36-30-28-35(29-31-36)38-14-5-9-22-48(38)56-49-23-10-6-19-44(49)45-20-7-11-24-50(45)56/h1-34H. The first kappa shape index (κ1) is 32.1. The van der Waals surface area contributed by atoms with Crippen LogP contribution in [0.15, 0.2) is 206 Å². The largest absolute Gasteiger partial charge is 0.310 e. The van der Waals surface area contributed by atoms with E-state index in [4.69, 9.17) is 0 Å². The van der Waals surface area contributed by atoms with Gasteiger partial charge in [0.1, 0.15) is 0 Å². The molecule has 3 heteroatoms. The van der Waals surface area contributed by atoms with Crippen molar-refractivity contribution in [2.75, 3.05) is 4.90 Å². The third-order valence-electron chi connectivity index (χ3n) is 11.8. The molecule has 0 saturated heterocycles. The van der Waals surface area contributed by atoms with E-state index >= 15 is 0 Å². The van der Waals surface area contributed by atoms with E-state index in [2.05, 4.69) is 216 Å². The number of aromatic nitrogens is 1. The van der Waals surface area contributed by atoms with Gasteiger partial charge < -0.3 is 9.47 Å². The molecule has 2 aromatic heterocycles. The Hall–Kier alpha value is -7.20. The van der Waals surface area contributed by atoms with Gasteiger partial charge in [0.15, 0.2) is 0 Å². The van der Waals surface area contributed by atoms with Crippen LogP contribution in [0.3, 0.4) is 0 Å². The lowest BCUT2D eigenvalue weighted by Gasteiger charge is -2.27. The zero-order chi connectivity index (χ0) is 37.5. The second kappa shape index (κ2) is 12.7. The zero-order valence-corrected chi connectivity index (χ0v) is 31.7. The molecule has 2 nitrogen and oxygen atoms in total. The molecule has 0 spiro atoms. The summed E-state index contributed by atoms with van der Waals surface area (Å²) in [6.07, 6.45) is 0. The number of anilines is 3. The van der Waals surface area contributed by atoms with Crippen molar-refractivity contribution in [2.45, 2.75) is 0 Å². The Bertz CT molecular complexity index is 3450. The summed E-state index contributed by atoms with van der Waals surface area (Å²) in [5.41, 5.74) is 9.37. The highest BCUT2D eigenvalue weighted by molar-refractivity contribution is 7.26. The number of rotatable bonds is 5. The number of fused-ring (bicyclic) bond motifs is 12. The number of benzene rings is 10. The molecule has 0 aliphatic rings. The van der Waals surface area contributed by atoms with E-state index in [0.29, 0.717) is 0 Å². The van der Waals surface area contributed by atoms with Gasteiger partial charge in [0, 0.05) is 47.9 Å². The molecular weight excluding hydrogens is 709 g/mol. The average Bonchev–Trinajstić information content (AvgIpc) is 3.83. The monoisotopic (exact) mass is 742 g/mol. The Morgan fingerprint density at radius 1 is 0.351 bits per heavy atom. The van der Waals surface area contributed by atoms with E-state index in [-0.39, 0.29) is 0 Å². The van der Waals surface area contributed by atoms with Crippen LogP contribution in [0.4, 0.5) is 17.1 Å². The molecule has 0 atom stereocenters. The Morgan fingerprint density at radius 3 is 1.54 bits per heavy atom. The fourth-order valence-electron chi connectivity index (χ4n) is 9.29. The van der Waals surface area contributed by atoms with Gasteiger partial charge in [-0.3, -0.25) is 0 Å². The van der Waals surface area contributed by atoms with E-state index in [1.54, 1.807) is 0 Å². The number of hydrogen-bond donors (Lipinski definition) is 0. The highest BCUT2D eigenvalue weighted by atomic mass is 32.1. The summed E-state index contributed by atoms with van der Waals surface area (Å²) in [7, 11) is 0. The van der Waals surface area contributed by atoms with Crippen LogP contribution in [-0.4, -0.2) is 4.57 Å². The lowest BCUT2D eigenvalue weighted by molar-refractivity contribution is 1.18. The number of hydrogen-bond acceptors (Lipinski definition) is 2. The number of nitrogens with zero attached hydrogens (tertiary/aromatic N) is 2. The van der Waals surface area contributed by atoms with E-state index in [9.17, 15) is 0 Å². The molecule has 0 saturated carbocycles. The zero-order valence-electron chi connectivity index (χ0n) is 30.9. The van der Waals surface area contributed by atoms with Crippen molar-refractivity contribution < 1.29 is 0 Å². The summed E-state index contributed by atoms with van der Waals surface area (Å²) < 4.78 is 5.01. The first-order valence-electron chi connectivity index (χ1n) is 19.5. The fourth-order valence-corrected chi connectivity index (χ4v) is 10.4. The maximum absolute atomic E-state index is 2.47. The quantitative estimate of drug-likeness (QED) is 0.159. The predicted molar refractivity (Wildman–Crippen MR) is 246 cm³/mol. The topological polar surface area (TPSA) is 8.17 Å². The molecule has 0 aliphatic heterocycles. The molecule has 0 bridgehead atoms. The van der Waals surface area contributed by atoms with Gasteiger partial charge >= 0.3 is 0 Å². The highest BCUT2D eigenvalue weighted by Gasteiger charge is 2.21. The van der Waals surface area contributed by atoms with Gasteiger partial charge in [-0.2, -0.15) is 0 Å². The molecule has 10 aromatic carbocycles. The summed E-state index contributed by atoms with van der Waals surface area (Å²) in [6, 6.07) is 75.7. The average molecular weight is 743 g/mol. The van der Waals surface area contributed by atoms with Crippen molar-refractivity contribution in [3.63, 3.8) is 0 Å². The van der Waals surface area contributed by atoms with E-state index in [0.717, 1.165) is 11.4 Å². The fraction of sp³-hybridized carbons (Fsp3) is 0. The molecule has 0 amide bonds. The number of thiophene rings is 1. The van der Waals surface area contributed by atoms with Crippen molar-refractivity contribution >= 4 is 103 Å².